The standard InChI is InChI=1S/C16H19N3O/c17-16(20)12-7-13-19(15-10-5-2-6-11-15)18-14-8-3-1-4-9-14/h1-6,8-11,18H,7,12-13H2,(H2,17,20). The third-order valence-electron chi connectivity index (χ3n) is 2.91. The van der Waals surface area contributed by atoms with E-state index < -0.39 is 0 Å². The maximum absolute atomic E-state index is 10.9. The van der Waals surface area contributed by atoms with Gasteiger partial charge in [-0.25, -0.2) is 0 Å². The van der Waals surface area contributed by atoms with Gasteiger partial charge in [-0.1, -0.05) is 36.4 Å². The van der Waals surface area contributed by atoms with Crippen molar-refractivity contribution in [3.05, 3.63) is 60.7 Å². The van der Waals surface area contributed by atoms with Crippen LogP contribution < -0.4 is 16.2 Å². The summed E-state index contributed by atoms with van der Waals surface area (Å²) >= 11 is 0. The summed E-state index contributed by atoms with van der Waals surface area (Å²) in [6, 6.07) is 20.0. The van der Waals surface area contributed by atoms with E-state index in [0.29, 0.717) is 19.4 Å². The number of hydrogen-bond donors (Lipinski definition) is 2. The van der Waals surface area contributed by atoms with Crippen molar-refractivity contribution < 1.29 is 4.79 Å². The van der Waals surface area contributed by atoms with Crippen LogP contribution in [0.25, 0.3) is 0 Å². The zero-order valence-corrected chi connectivity index (χ0v) is 11.3. The Balaban J connectivity index is 2.06. The molecule has 0 atom stereocenters. The van der Waals surface area contributed by atoms with Crippen LogP contribution >= 0.6 is 0 Å². The number of primary amides is 1. The third kappa shape index (κ3) is 4.31. The molecule has 2 aromatic rings. The minimum atomic E-state index is -0.266. The number of nitrogens with zero attached hydrogens (tertiary/aromatic N) is 1. The first kappa shape index (κ1) is 13.9. The summed E-state index contributed by atoms with van der Waals surface area (Å²) in [4.78, 5) is 10.9. The Hall–Kier alpha value is -2.49. The molecule has 2 aromatic carbocycles. The van der Waals surface area contributed by atoms with Gasteiger partial charge in [0.15, 0.2) is 0 Å². The average molecular weight is 269 g/mol. The first-order valence-electron chi connectivity index (χ1n) is 6.68. The highest BCUT2D eigenvalue weighted by Crippen LogP contribution is 2.16. The number of benzene rings is 2. The second-order valence-electron chi connectivity index (χ2n) is 4.53. The summed E-state index contributed by atoms with van der Waals surface area (Å²) in [5.41, 5.74) is 10.6. The van der Waals surface area contributed by atoms with Gasteiger partial charge in [0.1, 0.15) is 0 Å². The lowest BCUT2D eigenvalue weighted by atomic mass is 10.2. The van der Waals surface area contributed by atoms with Gasteiger partial charge >= 0.3 is 0 Å². The average Bonchev–Trinajstić information content (AvgIpc) is 2.48. The van der Waals surface area contributed by atoms with Crippen molar-refractivity contribution in [2.24, 2.45) is 5.73 Å². The van der Waals surface area contributed by atoms with Crippen molar-refractivity contribution in [2.45, 2.75) is 12.8 Å². The number of para-hydroxylation sites is 2. The predicted molar refractivity (Wildman–Crippen MR) is 82.3 cm³/mol. The second-order valence-corrected chi connectivity index (χ2v) is 4.53. The van der Waals surface area contributed by atoms with Gasteiger partial charge in [0, 0.05) is 13.0 Å². The van der Waals surface area contributed by atoms with E-state index in [1.165, 1.54) is 0 Å². The zero-order chi connectivity index (χ0) is 14.2. The number of nitrogens with one attached hydrogen (secondary N) is 1. The highest BCUT2D eigenvalue weighted by molar-refractivity contribution is 5.73. The molecule has 0 aliphatic carbocycles. The lowest BCUT2D eigenvalue weighted by Crippen LogP contribution is -2.31. The van der Waals surface area contributed by atoms with Crippen molar-refractivity contribution in [1.29, 1.82) is 0 Å². The second kappa shape index (κ2) is 7.19. The van der Waals surface area contributed by atoms with E-state index in [4.69, 9.17) is 5.73 Å². The monoisotopic (exact) mass is 269 g/mol. The Morgan fingerprint density at radius 3 is 2.20 bits per heavy atom. The van der Waals surface area contributed by atoms with Gasteiger partial charge < -0.3 is 5.73 Å². The summed E-state index contributed by atoms with van der Waals surface area (Å²) in [5, 5.41) is 2.03. The smallest absolute Gasteiger partial charge is 0.217 e. The molecule has 0 spiro atoms. The van der Waals surface area contributed by atoms with E-state index in [2.05, 4.69) is 5.43 Å². The van der Waals surface area contributed by atoms with Crippen LogP contribution in [0.2, 0.25) is 0 Å². The first-order valence-corrected chi connectivity index (χ1v) is 6.68. The Bertz CT molecular complexity index is 528. The molecule has 20 heavy (non-hydrogen) atoms. The van der Waals surface area contributed by atoms with E-state index >= 15 is 0 Å². The number of amides is 1. The molecule has 0 heterocycles. The molecule has 0 aromatic heterocycles. The summed E-state index contributed by atoms with van der Waals surface area (Å²) in [6.45, 7) is 0.710. The number of rotatable bonds is 7. The topological polar surface area (TPSA) is 58.4 Å². The summed E-state index contributed by atoms with van der Waals surface area (Å²) in [6.07, 6.45) is 1.10. The molecular weight excluding hydrogens is 250 g/mol. The van der Waals surface area contributed by atoms with Crippen LogP contribution in [0.3, 0.4) is 0 Å². The van der Waals surface area contributed by atoms with Gasteiger partial charge in [0.25, 0.3) is 0 Å². The minimum absolute atomic E-state index is 0.266. The highest BCUT2D eigenvalue weighted by Gasteiger charge is 2.06. The summed E-state index contributed by atoms with van der Waals surface area (Å²) < 4.78 is 0. The molecular formula is C16H19N3O. The summed E-state index contributed by atoms with van der Waals surface area (Å²) in [5.74, 6) is -0.266. The van der Waals surface area contributed by atoms with Crippen molar-refractivity contribution in [3.63, 3.8) is 0 Å². The largest absolute Gasteiger partial charge is 0.370 e. The number of nitrogens with two attached hydrogens (primary N) is 1. The van der Waals surface area contributed by atoms with Crippen LogP contribution in [-0.4, -0.2) is 12.5 Å². The molecule has 0 fully saturated rings. The molecule has 1 amide bonds. The van der Waals surface area contributed by atoms with E-state index in [0.717, 1.165) is 11.4 Å². The Labute approximate surface area is 119 Å². The fraction of sp³-hybridized carbons (Fsp3) is 0.188. The van der Waals surface area contributed by atoms with Crippen molar-refractivity contribution in [1.82, 2.24) is 0 Å². The minimum Gasteiger partial charge on any atom is -0.370 e. The molecule has 4 nitrogen and oxygen atoms in total. The van der Waals surface area contributed by atoms with Gasteiger partial charge in [-0.05, 0) is 30.7 Å². The van der Waals surface area contributed by atoms with Crippen LogP contribution in [0.4, 0.5) is 11.4 Å². The van der Waals surface area contributed by atoms with Gasteiger partial charge in [-0.2, -0.15) is 0 Å². The molecule has 0 aliphatic rings. The number of hydrogen-bond acceptors (Lipinski definition) is 3. The third-order valence-corrected chi connectivity index (χ3v) is 2.91. The maximum atomic E-state index is 10.9. The van der Waals surface area contributed by atoms with Gasteiger partial charge in [0.2, 0.25) is 5.91 Å². The van der Waals surface area contributed by atoms with Crippen LogP contribution in [0.5, 0.6) is 0 Å². The number of carbonyl (C=O) groups is 1. The van der Waals surface area contributed by atoms with E-state index in [1.807, 2.05) is 65.7 Å². The molecule has 0 unspecified atom stereocenters. The quantitative estimate of drug-likeness (QED) is 0.760. The van der Waals surface area contributed by atoms with Crippen LogP contribution in [0.15, 0.2) is 60.7 Å². The number of hydrazine groups is 1. The van der Waals surface area contributed by atoms with Crippen molar-refractivity contribution in [3.8, 4) is 0 Å². The maximum Gasteiger partial charge on any atom is 0.217 e. The molecule has 3 N–H and O–H groups in total. The van der Waals surface area contributed by atoms with E-state index in [-0.39, 0.29) is 5.91 Å². The Kier molecular flexibility index (Phi) is 5.00. The Morgan fingerprint density at radius 2 is 1.60 bits per heavy atom. The van der Waals surface area contributed by atoms with Crippen molar-refractivity contribution >= 4 is 17.3 Å². The molecule has 0 aliphatic heterocycles. The van der Waals surface area contributed by atoms with Crippen LogP contribution in [0, 0.1) is 0 Å². The van der Waals surface area contributed by atoms with E-state index in [9.17, 15) is 4.79 Å². The molecule has 0 bridgehead atoms. The molecule has 4 heteroatoms. The number of carbonyl (C=O) groups excluding carboxylic acids is 1. The highest BCUT2D eigenvalue weighted by atomic mass is 16.1. The van der Waals surface area contributed by atoms with Crippen molar-refractivity contribution in [2.75, 3.05) is 17.0 Å². The predicted octanol–water partition coefficient (Wildman–Crippen LogP) is 2.79. The normalized spacial score (nSPS) is 10.0. The molecule has 0 saturated heterocycles. The lowest BCUT2D eigenvalue weighted by molar-refractivity contribution is -0.118. The fourth-order valence-corrected chi connectivity index (χ4v) is 1.94. The van der Waals surface area contributed by atoms with Gasteiger partial charge in [0.05, 0.1) is 11.4 Å². The van der Waals surface area contributed by atoms with E-state index in [1.54, 1.807) is 0 Å². The molecule has 0 radical (unpaired) electrons. The van der Waals surface area contributed by atoms with Gasteiger partial charge in [-0.3, -0.25) is 15.2 Å². The van der Waals surface area contributed by atoms with Crippen LogP contribution in [0.1, 0.15) is 12.8 Å². The zero-order valence-electron chi connectivity index (χ0n) is 11.3. The summed E-state index contributed by atoms with van der Waals surface area (Å²) in [7, 11) is 0. The van der Waals surface area contributed by atoms with Gasteiger partial charge in [-0.15, -0.1) is 0 Å². The first-order chi connectivity index (χ1) is 9.75. The SMILES string of the molecule is NC(=O)CCCN(Nc1ccccc1)c1ccccc1. The number of anilines is 2. The molecule has 0 saturated carbocycles. The molecule has 2 rings (SSSR count). The van der Waals surface area contributed by atoms with Crippen LogP contribution in [-0.2, 0) is 4.79 Å². The lowest BCUT2D eigenvalue weighted by Gasteiger charge is -2.26. The molecule has 104 valence electrons. The Morgan fingerprint density at radius 1 is 1.00 bits per heavy atom. The fourth-order valence-electron chi connectivity index (χ4n) is 1.94.